The van der Waals surface area contributed by atoms with Gasteiger partial charge in [0, 0.05) is 18.0 Å². The summed E-state index contributed by atoms with van der Waals surface area (Å²) < 4.78 is 5.29. The van der Waals surface area contributed by atoms with E-state index in [1.807, 2.05) is 0 Å². The fraction of sp³-hybridized carbons (Fsp3) is 0.412. The molecule has 2 aromatic rings. The van der Waals surface area contributed by atoms with Crippen molar-refractivity contribution < 1.29 is 4.74 Å². The molecule has 1 saturated heterocycles. The van der Waals surface area contributed by atoms with Gasteiger partial charge in [0.1, 0.15) is 0 Å². The Morgan fingerprint density at radius 3 is 2.58 bits per heavy atom. The number of rotatable bonds is 4. The Morgan fingerprint density at radius 2 is 1.89 bits per heavy atom. The first-order chi connectivity index (χ1) is 9.16. The molecule has 1 heterocycles. The maximum absolute atomic E-state index is 5.29. The van der Waals surface area contributed by atoms with Gasteiger partial charge in [0.15, 0.2) is 0 Å². The molecule has 0 radical (unpaired) electrons. The van der Waals surface area contributed by atoms with Crippen LogP contribution in [0, 0.1) is 5.41 Å². The predicted octanol–water partition coefficient (Wildman–Crippen LogP) is 3.53. The fourth-order valence-corrected chi connectivity index (χ4v) is 2.55. The summed E-state index contributed by atoms with van der Waals surface area (Å²) in [7, 11) is 0. The van der Waals surface area contributed by atoms with Crippen molar-refractivity contribution in [2.45, 2.75) is 19.9 Å². The lowest BCUT2D eigenvalue weighted by molar-refractivity contribution is -0.0999. The molecule has 2 aromatic carbocycles. The van der Waals surface area contributed by atoms with Crippen molar-refractivity contribution in [1.82, 2.24) is 5.32 Å². The smallest absolute Gasteiger partial charge is 0.0554 e. The predicted molar refractivity (Wildman–Crippen MR) is 79.3 cm³/mol. The molecule has 2 heteroatoms. The van der Waals surface area contributed by atoms with E-state index in [1.165, 1.54) is 16.3 Å². The second kappa shape index (κ2) is 4.95. The van der Waals surface area contributed by atoms with Crippen LogP contribution in [-0.2, 0) is 4.74 Å². The molecule has 100 valence electrons. The van der Waals surface area contributed by atoms with Gasteiger partial charge in [0.05, 0.1) is 13.2 Å². The number of hydrogen-bond acceptors (Lipinski definition) is 2. The topological polar surface area (TPSA) is 21.3 Å². The number of hydrogen-bond donors (Lipinski definition) is 1. The summed E-state index contributed by atoms with van der Waals surface area (Å²) >= 11 is 0. The van der Waals surface area contributed by atoms with Crippen molar-refractivity contribution in [3.63, 3.8) is 0 Å². The summed E-state index contributed by atoms with van der Waals surface area (Å²) in [5.74, 6) is 0. The number of fused-ring (bicyclic) bond motifs is 1. The van der Waals surface area contributed by atoms with Crippen molar-refractivity contribution in [3.8, 4) is 0 Å². The van der Waals surface area contributed by atoms with E-state index in [-0.39, 0.29) is 0 Å². The Labute approximate surface area is 114 Å². The zero-order valence-corrected chi connectivity index (χ0v) is 11.6. The van der Waals surface area contributed by atoms with E-state index in [4.69, 9.17) is 4.74 Å². The second-order valence-electron chi connectivity index (χ2n) is 6.01. The monoisotopic (exact) mass is 255 g/mol. The van der Waals surface area contributed by atoms with Crippen LogP contribution in [0.1, 0.15) is 25.5 Å². The van der Waals surface area contributed by atoms with Crippen LogP contribution in [0.15, 0.2) is 42.5 Å². The van der Waals surface area contributed by atoms with Crippen molar-refractivity contribution in [3.05, 3.63) is 48.0 Å². The summed E-state index contributed by atoms with van der Waals surface area (Å²) in [6, 6.07) is 15.6. The lowest BCUT2D eigenvalue weighted by Gasteiger charge is -2.39. The first-order valence-corrected chi connectivity index (χ1v) is 6.96. The fourth-order valence-electron chi connectivity index (χ4n) is 2.55. The van der Waals surface area contributed by atoms with Crippen molar-refractivity contribution >= 4 is 10.8 Å². The molecule has 0 saturated carbocycles. The quantitative estimate of drug-likeness (QED) is 0.902. The van der Waals surface area contributed by atoms with Crippen LogP contribution in [0.3, 0.4) is 0 Å². The Morgan fingerprint density at radius 1 is 1.16 bits per heavy atom. The van der Waals surface area contributed by atoms with Crippen LogP contribution < -0.4 is 5.32 Å². The summed E-state index contributed by atoms with van der Waals surface area (Å²) in [5, 5.41) is 6.24. The Hall–Kier alpha value is -1.38. The van der Waals surface area contributed by atoms with E-state index in [0.717, 1.165) is 19.8 Å². The number of nitrogens with one attached hydrogen (secondary N) is 1. The minimum absolute atomic E-state index is 0.325. The molecule has 1 atom stereocenters. The Balaban J connectivity index is 1.72. The molecule has 3 rings (SSSR count). The highest BCUT2D eigenvalue weighted by atomic mass is 16.5. The molecule has 0 aromatic heterocycles. The molecule has 1 fully saturated rings. The molecule has 0 aliphatic carbocycles. The molecule has 2 nitrogen and oxygen atoms in total. The van der Waals surface area contributed by atoms with Crippen LogP contribution in [0.2, 0.25) is 0 Å². The minimum Gasteiger partial charge on any atom is -0.380 e. The third-order valence-electron chi connectivity index (χ3n) is 4.01. The first kappa shape index (κ1) is 12.6. The Bertz CT molecular complexity index is 574. The number of benzene rings is 2. The van der Waals surface area contributed by atoms with Crippen LogP contribution in [0.25, 0.3) is 10.8 Å². The average Bonchev–Trinajstić information content (AvgIpc) is 2.42. The van der Waals surface area contributed by atoms with Crippen LogP contribution >= 0.6 is 0 Å². The molecule has 0 amide bonds. The van der Waals surface area contributed by atoms with Gasteiger partial charge in [0.25, 0.3) is 0 Å². The van der Waals surface area contributed by atoms with E-state index in [2.05, 4.69) is 61.6 Å². The lowest BCUT2D eigenvalue weighted by atomic mass is 9.88. The molecule has 1 aliphatic heterocycles. The third-order valence-corrected chi connectivity index (χ3v) is 4.01. The molecule has 1 N–H and O–H groups in total. The molecule has 0 spiro atoms. The number of ether oxygens (including phenoxy) is 1. The highest BCUT2D eigenvalue weighted by Gasteiger charge is 2.33. The maximum Gasteiger partial charge on any atom is 0.0554 e. The van der Waals surface area contributed by atoms with Gasteiger partial charge in [-0.15, -0.1) is 0 Å². The normalized spacial score (nSPS) is 19.1. The van der Waals surface area contributed by atoms with Crippen LogP contribution in [0.5, 0.6) is 0 Å². The standard InChI is InChI=1S/C17H21NO/c1-13(18-10-17(2)11-19-12-17)15-8-7-14-5-3-4-6-16(14)9-15/h3-9,13,18H,10-12H2,1-2H3. The van der Waals surface area contributed by atoms with Gasteiger partial charge >= 0.3 is 0 Å². The molecular weight excluding hydrogens is 234 g/mol. The highest BCUT2D eigenvalue weighted by molar-refractivity contribution is 5.83. The van der Waals surface area contributed by atoms with Gasteiger partial charge in [-0.2, -0.15) is 0 Å². The summed E-state index contributed by atoms with van der Waals surface area (Å²) in [4.78, 5) is 0. The van der Waals surface area contributed by atoms with E-state index in [0.29, 0.717) is 11.5 Å². The van der Waals surface area contributed by atoms with Gasteiger partial charge in [0.2, 0.25) is 0 Å². The lowest BCUT2D eigenvalue weighted by Crippen LogP contribution is -2.47. The van der Waals surface area contributed by atoms with Crippen LogP contribution in [-0.4, -0.2) is 19.8 Å². The van der Waals surface area contributed by atoms with Crippen LogP contribution in [0.4, 0.5) is 0 Å². The second-order valence-corrected chi connectivity index (χ2v) is 6.01. The molecule has 0 bridgehead atoms. The van der Waals surface area contributed by atoms with E-state index in [9.17, 15) is 0 Å². The minimum atomic E-state index is 0.325. The van der Waals surface area contributed by atoms with Gasteiger partial charge in [-0.25, -0.2) is 0 Å². The molecule has 19 heavy (non-hydrogen) atoms. The molecule has 1 unspecified atom stereocenters. The van der Waals surface area contributed by atoms with E-state index >= 15 is 0 Å². The highest BCUT2D eigenvalue weighted by Crippen LogP contribution is 2.27. The van der Waals surface area contributed by atoms with Gasteiger partial charge in [-0.3, -0.25) is 0 Å². The summed E-state index contributed by atoms with van der Waals surface area (Å²) in [6.45, 7) is 7.28. The maximum atomic E-state index is 5.29. The summed E-state index contributed by atoms with van der Waals surface area (Å²) in [6.07, 6.45) is 0. The zero-order chi connectivity index (χ0) is 13.3. The van der Waals surface area contributed by atoms with Gasteiger partial charge in [-0.05, 0) is 29.3 Å². The average molecular weight is 255 g/mol. The van der Waals surface area contributed by atoms with E-state index < -0.39 is 0 Å². The molecular formula is C17H21NO. The zero-order valence-electron chi connectivity index (χ0n) is 11.6. The van der Waals surface area contributed by atoms with Crippen molar-refractivity contribution in [1.29, 1.82) is 0 Å². The third kappa shape index (κ3) is 2.65. The molecule has 1 aliphatic rings. The van der Waals surface area contributed by atoms with E-state index in [1.54, 1.807) is 0 Å². The first-order valence-electron chi connectivity index (χ1n) is 6.96. The Kier molecular flexibility index (Phi) is 3.29. The van der Waals surface area contributed by atoms with Crippen molar-refractivity contribution in [2.24, 2.45) is 5.41 Å². The SMILES string of the molecule is CC(NCC1(C)COC1)c1ccc2ccccc2c1. The summed E-state index contributed by atoms with van der Waals surface area (Å²) in [5.41, 5.74) is 1.67. The van der Waals surface area contributed by atoms with Crippen molar-refractivity contribution in [2.75, 3.05) is 19.8 Å². The van der Waals surface area contributed by atoms with Gasteiger partial charge < -0.3 is 10.1 Å². The largest absolute Gasteiger partial charge is 0.380 e. The van der Waals surface area contributed by atoms with Gasteiger partial charge in [-0.1, -0.05) is 43.3 Å².